The van der Waals surface area contributed by atoms with E-state index in [1.54, 1.807) is 24.4 Å². The molecule has 0 aromatic carbocycles. The fourth-order valence-corrected chi connectivity index (χ4v) is 2.02. The molecule has 0 atom stereocenters. The molecule has 0 saturated carbocycles. The van der Waals surface area contributed by atoms with Crippen molar-refractivity contribution >= 4 is 11.9 Å². The van der Waals surface area contributed by atoms with Crippen molar-refractivity contribution in [2.24, 2.45) is 0 Å². The number of methoxy groups -OCH3 is 1. The Labute approximate surface area is 124 Å². The molecule has 1 aromatic heterocycles. The average Bonchev–Trinajstić information content (AvgIpc) is 2.46. The minimum absolute atomic E-state index is 0.261. The smallest absolute Gasteiger partial charge is 0.410 e. The summed E-state index contributed by atoms with van der Waals surface area (Å²) in [6.45, 7) is 8.25. The molecule has 7 nitrogen and oxygen atoms in total. The number of amides is 1. The third-order valence-electron chi connectivity index (χ3n) is 3.08. The Morgan fingerprint density at radius 1 is 1.14 bits per heavy atom. The Balaban J connectivity index is 1.89. The number of aromatic nitrogens is 2. The fourth-order valence-electron chi connectivity index (χ4n) is 2.02. The fraction of sp³-hybridized carbons (Fsp3) is 0.643. The second-order valence-corrected chi connectivity index (χ2v) is 5.87. The van der Waals surface area contributed by atoms with E-state index in [-0.39, 0.29) is 6.09 Å². The van der Waals surface area contributed by atoms with Gasteiger partial charge in [-0.1, -0.05) is 0 Å². The number of hydrogen-bond donors (Lipinski definition) is 0. The van der Waals surface area contributed by atoms with Crippen LogP contribution in [-0.4, -0.2) is 59.9 Å². The summed E-state index contributed by atoms with van der Waals surface area (Å²) in [6.07, 6.45) is 3.01. The van der Waals surface area contributed by atoms with Crippen molar-refractivity contribution in [2.45, 2.75) is 26.4 Å². The largest absolute Gasteiger partial charge is 0.480 e. The molecule has 1 fully saturated rings. The van der Waals surface area contributed by atoms with Gasteiger partial charge in [-0.15, -0.1) is 0 Å². The highest BCUT2D eigenvalue weighted by Crippen LogP contribution is 2.16. The summed E-state index contributed by atoms with van der Waals surface area (Å²) in [7, 11) is 1.56. The first kappa shape index (κ1) is 15.3. The van der Waals surface area contributed by atoms with Crippen molar-refractivity contribution in [3.8, 4) is 5.88 Å². The SMILES string of the molecule is COc1cnc(N2CCN(C(=O)OC(C)(C)C)CC2)cn1. The van der Waals surface area contributed by atoms with Crippen molar-refractivity contribution in [1.82, 2.24) is 14.9 Å². The van der Waals surface area contributed by atoms with Gasteiger partial charge in [0.2, 0.25) is 5.88 Å². The number of anilines is 1. The summed E-state index contributed by atoms with van der Waals surface area (Å²) in [4.78, 5) is 24.2. The van der Waals surface area contributed by atoms with Crippen LogP contribution in [0.15, 0.2) is 12.4 Å². The second-order valence-electron chi connectivity index (χ2n) is 5.87. The van der Waals surface area contributed by atoms with Gasteiger partial charge < -0.3 is 19.3 Å². The quantitative estimate of drug-likeness (QED) is 0.824. The van der Waals surface area contributed by atoms with Gasteiger partial charge in [0.05, 0.1) is 19.5 Å². The normalized spacial score (nSPS) is 15.8. The molecule has 1 aliphatic rings. The Morgan fingerprint density at radius 3 is 2.29 bits per heavy atom. The number of ether oxygens (including phenoxy) is 2. The van der Waals surface area contributed by atoms with E-state index in [9.17, 15) is 4.79 Å². The van der Waals surface area contributed by atoms with Gasteiger partial charge in [-0.3, -0.25) is 0 Å². The number of carbonyl (C=O) groups is 1. The zero-order chi connectivity index (χ0) is 15.5. The Morgan fingerprint density at radius 2 is 1.81 bits per heavy atom. The topological polar surface area (TPSA) is 67.8 Å². The molecule has 0 bridgehead atoms. The minimum atomic E-state index is -0.463. The van der Waals surface area contributed by atoms with E-state index < -0.39 is 5.60 Å². The third-order valence-corrected chi connectivity index (χ3v) is 3.08. The summed E-state index contributed by atoms with van der Waals surface area (Å²) in [5.41, 5.74) is -0.463. The monoisotopic (exact) mass is 294 g/mol. The summed E-state index contributed by atoms with van der Waals surface area (Å²) >= 11 is 0. The highest BCUT2D eigenvalue weighted by Gasteiger charge is 2.26. The molecule has 1 aromatic rings. The maximum atomic E-state index is 12.0. The standard InChI is InChI=1S/C14H22N4O3/c1-14(2,3)21-13(19)18-7-5-17(6-8-18)11-9-16-12(20-4)10-15-11/h9-10H,5-8H2,1-4H3. The molecule has 116 valence electrons. The van der Waals surface area contributed by atoms with Crippen LogP contribution in [0.5, 0.6) is 5.88 Å². The van der Waals surface area contributed by atoms with E-state index in [0.717, 1.165) is 5.82 Å². The van der Waals surface area contributed by atoms with Crippen molar-refractivity contribution in [1.29, 1.82) is 0 Å². The zero-order valence-electron chi connectivity index (χ0n) is 13.0. The third kappa shape index (κ3) is 4.21. The van der Waals surface area contributed by atoms with E-state index in [1.165, 1.54) is 0 Å². The molecule has 1 amide bonds. The van der Waals surface area contributed by atoms with Gasteiger partial charge in [0.25, 0.3) is 0 Å². The lowest BCUT2D eigenvalue weighted by Crippen LogP contribution is -2.50. The van der Waals surface area contributed by atoms with Crippen LogP contribution in [0.3, 0.4) is 0 Å². The lowest BCUT2D eigenvalue weighted by molar-refractivity contribution is 0.0240. The van der Waals surface area contributed by atoms with Crippen molar-refractivity contribution in [2.75, 3.05) is 38.2 Å². The molecule has 2 rings (SSSR count). The first-order chi connectivity index (χ1) is 9.89. The summed E-state index contributed by atoms with van der Waals surface area (Å²) in [5, 5.41) is 0. The number of nitrogens with zero attached hydrogens (tertiary/aromatic N) is 4. The summed E-state index contributed by atoms with van der Waals surface area (Å²) in [6, 6.07) is 0. The summed E-state index contributed by atoms with van der Waals surface area (Å²) in [5.74, 6) is 1.28. The predicted molar refractivity (Wildman–Crippen MR) is 78.6 cm³/mol. The van der Waals surface area contributed by atoms with Crippen molar-refractivity contribution < 1.29 is 14.3 Å². The molecule has 21 heavy (non-hydrogen) atoms. The highest BCUT2D eigenvalue weighted by molar-refractivity contribution is 5.68. The van der Waals surface area contributed by atoms with Gasteiger partial charge in [-0.25, -0.2) is 14.8 Å². The lowest BCUT2D eigenvalue weighted by atomic mass is 10.2. The van der Waals surface area contributed by atoms with Gasteiger partial charge in [-0.2, -0.15) is 0 Å². The molecule has 1 saturated heterocycles. The second kappa shape index (κ2) is 6.15. The predicted octanol–water partition coefficient (Wildman–Crippen LogP) is 1.54. The molecular formula is C14H22N4O3. The first-order valence-corrected chi connectivity index (χ1v) is 6.98. The minimum Gasteiger partial charge on any atom is -0.480 e. The average molecular weight is 294 g/mol. The molecular weight excluding hydrogens is 272 g/mol. The molecule has 2 heterocycles. The summed E-state index contributed by atoms with van der Waals surface area (Å²) < 4.78 is 10.4. The highest BCUT2D eigenvalue weighted by atomic mass is 16.6. The van der Waals surface area contributed by atoms with Gasteiger partial charge in [0.1, 0.15) is 11.4 Å². The van der Waals surface area contributed by atoms with Crippen LogP contribution in [0, 0.1) is 0 Å². The molecule has 0 unspecified atom stereocenters. The van der Waals surface area contributed by atoms with E-state index in [2.05, 4.69) is 14.9 Å². The molecule has 7 heteroatoms. The van der Waals surface area contributed by atoms with Gasteiger partial charge in [-0.05, 0) is 20.8 Å². The Bertz CT molecular complexity index is 476. The number of carbonyl (C=O) groups excluding carboxylic acids is 1. The van der Waals surface area contributed by atoms with Crippen LogP contribution in [0.25, 0.3) is 0 Å². The Kier molecular flexibility index (Phi) is 4.50. The van der Waals surface area contributed by atoms with Crippen LogP contribution >= 0.6 is 0 Å². The van der Waals surface area contributed by atoms with E-state index in [4.69, 9.17) is 9.47 Å². The first-order valence-electron chi connectivity index (χ1n) is 6.98. The van der Waals surface area contributed by atoms with Gasteiger partial charge >= 0.3 is 6.09 Å². The van der Waals surface area contributed by atoms with Crippen molar-refractivity contribution in [3.63, 3.8) is 0 Å². The number of rotatable bonds is 2. The van der Waals surface area contributed by atoms with Crippen LogP contribution < -0.4 is 9.64 Å². The van der Waals surface area contributed by atoms with Crippen LogP contribution in [0.1, 0.15) is 20.8 Å². The van der Waals surface area contributed by atoms with E-state index in [1.807, 2.05) is 20.8 Å². The molecule has 0 N–H and O–H groups in total. The van der Waals surface area contributed by atoms with Crippen molar-refractivity contribution in [3.05, 3.63) is 12.4 Å². The maximum Gasteiger partial charge on any atom is 0.410 e. The van der Waals surface area contributed by atoms with Crippen LogP contribution in [0.2, 0.25) is 0 Å². The maximum absolute atomic E-state index is 12.0. The van der Waals surface area contributed by atoms with Gasteiger partial charge in [0, 0.05) is 26.2 Å². The van der Waals surface area contributed by atoms with Gasteiger partial charge in [0.15, 0.2) is 0 Å². The molecule has 1 aliphatic heterocycles. The number of piperazine rings is 1. The molecule has 0 radical (unpaired) electrons. The zero-order valence-corrected chi connectivity index (χ0v) is 13.0. The Hall–Kier alpha value is -2.05. The molecule has 0 aliphatic carbocycles. The van der Waals surface area contributed by atoms with E-state index in [0.29, 0.717) is 32.1 Å². The van der Waals surface area contributed by atoms with Crippen LogP contribution in [0.4, 0.5) is 10.6 Å². The van der Waals surface area contributed by atoms with E-state index >= 15 is 0 Å². The lowest BCUT2D eigenvalue weighted by Gasteiger charge is -2.35. The van der Waals surface area contributed by atoms with Crippen LogP contribution in [-0.2, 0) is 4.74 Å². The number of hydrogen-bond acceptors (Lipinski definition) is 6. The molecule has 0 spiro atoms.